The van der Waals surface area contributed by atoms with Crippen LogP contribution in [0.15, 0.2) is 47.4 Å². The van der Waals surface area contributed by atoms with Gasteiger partial charge in [-0.25, -0.2) is 13.1 Å². The van der Waals surface area contributed by atoms with Crippen LogP contribution in [0.2, 0.25) is 0 Å². The molecule has 0 bridgehead atoms. The average Bonchev–Trinajstić information content (AvgIpc) is 2.69. The van der Waals surface area contributed by atoms with Gasteiger partial charge in [-0.1, -0.05) is 18.2 Å². The van der Waals surface area contributed by atoms with Gasteiger partial charge in [0.05, 0.1) is 4.90 Å². The number of piperazine rings is 1. The van der Waals surface area contributed by atoms with Gasteiger partial charge in [0.25, 0.3) is 5.91 Å². The minimum Gasteiger partial charge on any atom is -0.368 e. The lowest BCUT2D eigenvalue weighted by Crippen LogP contribution is -2.49. The standard InChI is InChI=1S/C22H29N3O3S/c1-16(2)23-29(27,28)20-9-6-8-19(15-20)22(26)25-13-11-24(12-14-25)21-10-5-7-17(3)18(21)4/h5-10,15-16,23H,11-14H2,1-4H3. The minimum atomic E-state index is -3.63. The highest BCUT2D eigenvalue weighted by molar-refractivity contribution is 7.89. The summed E-state index contributed by atoms with van der Waals surface area (Å²) in [6.07, 6.45) is 0. The SMILES string of the molecule is Cc1cccc(N2CCN(C(=O)c3cccc(S(=O)(=O)NC(C)C)c3)CC2)c1C. The van der Waals surface area contributed by atoms with E-state index in [-0.39, 0.29) is 16.8 Å². The summed E-state index contributed by atoms with van der Waals surface area (Å²) in [5.41, 5.74) is 4.14. The Balaban J connectivity index is 1.71. The third kappa shape index (κ3) is 4.79. The van der Waals surface area contributed by atoms with E-state index < -0.39 is 10.0 Å². The Hall–Kier alpha value is -2.38. The quantitative estimate of drug-likeness (QED) is 0.815. The zero-order valence-corrected chi connectivity index (χ0v) is 18.3. The second-order valence-electron chi connectivity index (χ2n) is 7.80. The molecule has 0 aliphatic carbocycles. The smallest absolute Gasteiger partial charge is 0.254 e. The summed E-state index contributed by atoms with van der Waals surface area (Å²) in [6, 6.07) is 12.3. The maximum atomic E-state index is 13.0. The zero-order chi connectivity index (χ0) is 21.2. The van der Waals surface area contributed by atoms with Crippen LogP contribution in [-0.2, 0) is 10.0 Å². The summed E-state index contributed by atoms with van der Waals surface area (Å²) in [6.45, 7) is 10.5. The summed E-state index contributed by atoms with van der Waals surface area (Å²) >= 11 is 0. The number of aryl methyl sites for hydroxylation is 1. The molecule has 7 heteroatoms. The van der Waals surface area contributed by atoms with Gasteiger partial charge in [0.2, 0.25) is 10.0 Å². The van der Waals surface area contributed by atoms with Crippen molar-refractivity contribution in [2.75, 3.05) is 31.1 Å². The molecule has 1 aliphatic heterocycles. The molecule has 0 spiro atoms. The molecule has 1 amide bonds. The van der Waals surface area contributed by atoms with Crippen LogP contribution >= 0.6 is 0 Å². The summed E-state index contributed by atoms with van der Waals surface area (Å²) in [7, 11) is -3.63. The fraction of sp³-hybridized carbons (Fsp3) is 0.409. The molecule has 0 aromatic heterocycles. The molecule has 156 valence electrons. The molecule has 0 saturated carbocycles. The van der Waals surface area contributed by atoms with Gasteiger partial charge >= 0.3 is 0 Å². The van der Waals surface area contributed by atoms with E-state index in [1.165, 1.54) is 28.9 Å². The van der Waals surface area contributed by atoms with E-state index in [4.69, 9.17) is 0 Å². The van der Waals surface area contributed by atoms with E-state index in [0.717, 1.165) is 13.1 Å². The van der Waals surface area contributed by atoms with Gasteiger partial charge in [0.15, 0.2) is 0 Å². The molecular weight excluding hydrogens is 386 g/mol. The van der Waals surface area contributed by atoms with Gasteiger partial charge in [-0.3, -0.25) is 4.79 Å². The summed E-state index contributed by atoms with van der Waals surface area (Å²) < 4.78 is 27.4. The van der Waals surface area contributed by atoms with E-state index in [0.29, 0.717) is 18.7 Å². The van der Waals surface area contributed by atoms with Crippen LogP contribution in [0, 0.1) is 13.8 Å². The Kier molecular flexibility index (Phi) is 6.29. The van der Waals surface area contributed by atoms with Crippen LogP contribution in [0.1, 0.15) is 35.3 Å². The van der Waals surface area contributed by atoms with Crippen molar-refractivity contribution in [1.29, 1.82) is 0 Å². The topological polar surface area (TPSA) is 69.7 Å². The first kappa shape index (κ1) is 21.3. The number of anilines is 1. The molecule has 2 aromatic carbocycles. The predicted molar refractivity (Wildman–Crippen MR) is 116 cm³/mol. The molecule has 1 fully saturated rings. The molecule has 0 unspecified atom stereocenters. The second-order valence-corrected chi connectivity index (χ2v) is 9.52. The molecule has 1 heterocycles. The van der Waals surface area contributed by atoms with E-state index in [1.807, 2.05) is 0 Å². The molecule has 29 heavy (non-hydrogen) atoms. The van der Waals surface area contributed by atoms with Crippen molar-refractivity contribution in [3.8, 4) is 0 Å². The molecule has 6 nitrogen and oxygen atoms in total. The van der Waals surface area contributed by atoms with Crippen molar-refractivity contribution in [2.45, 2.75) is 38.6 Å². The van der Waals surface area contributed by atoms with Crippen molar-refractivity contribution in [3.05, 3.63) is 59.2 Å². The number of nitrogens with zero attached hydrogens (tertiary/aromatic N) is 2. The van der Waals surface area contributed by atoms with Crippen molar-refractivity contribution in [2.24, 2.45) is 0 Å². The summed E-state index contributed by atoms with van der Waals surface area (Å²) in [5, 5.41) is 0. The van der Waals surface area contributed by atoms with Gasteiger partial charge in [0, 0.05) is 43.5 Å². The van der Waals surface area contributed by atoms with E-state index in [9.17, 15) is 13.2 Å². The molecule has 3 rings (SSSR count). The van der Waals surface area contributed by atoms with Gasteiger partial charge in [-0.15, -0.1) is 0 Å². The monoisotopic (exact) mass is 415 g/mol. The largest absolute Gasteiger partial charge is 0.368 e. The van der Waals surface area contributed by atoms with E-state index in [2.05, 4.69) is 41.7 Å². The third-order valence-electron chi connectivity index (χ3n) is 5.27. The minimum absolute atomic E-state index is 0.117. The molecule has 1 N–H and O–H groups in total. The number of hydrogen-bond acceptors (Lipinski definition) is 4. The number of sulfonamides is 1. The first-order valence-electron chi connectivity index (χ1n) is 9.92. The highest BCUT2D eigenvalue weighted by Crippen LogP contribution is 2.24. The first-order chi connectivity index (χ1) is 13.7. The van der Waals surface area contributed by atoms with Crippen LogP contribution in [0.25, 0.3) is 0 Å². The number of amides is 1. The highest BCUT2D eigenvalue weighted by Gasteiger charge is 2.24. The first-order valence-corrected chi connectivity index (χ1v) is 11.4. The molecular formula is C22H29N3O3S. The van der Waals surface area contributed by atoms with Crippen molar-refractivity contribution < 1.29 is 13.2 Å². The van der Waals surface area contributed by atoms with Crippen LogP contribution < -0.4 is 9.62 Å². The number of nitrogens with one attached hydrogen (secondary N) is 1. The molecule has 0 radical (unpaired) electrons. The van der Waals surface area contributed by atoms with Gasteiger partial charge in [0.1, 0.15) is 0 Å². The number of carbonyl (C=O) groups excluding carboxylic acids is 1. The van der Waals surface area contributed by atoms with Crippen LogP contribution in [0.3, 0.4) is 0 Å². The Bertz CT molecular complexity index is 994. The molecule has 2 aromatic rings. The fourth-order valence-electron chi connectivity index (χ4n) is 3.59. The Morgan fingerprint density at radius 2 is 1.66 bits per heavy atom. The van der Waals surface area contributed by atoms with Crippen molar-refractivity contribution in [1.82, 2.24) is 9.62 Å². The lowest BCUT2D eigenvalue weighted by molar-refractivity contribution is 0.0746. The third-order valence-corrected chi connectivity index (χ3v) is 6.92. The van der Waals surface area contributed by atoms with Gasteiger partial charge in [-0.2, -0.15) is 0 Å². The number of hydrogen-bond donors (Lipinski definition) is 1. The van der Waals surface area contributed by atoms with Crippen LogP contribution in [0.5, 0.6) is 0 Å². The molecule has 0 atom stereocenters. The summed E-state index contributed by atoms with van der Waals surface area (Å²) in [5.74, 6) is -0.132. The van der Waals surface area contributed by atoms with E-state index in [1.54, 1.807) is 30.9 Å². The molecule has 1 aliphatic rings. The lowest BCUT2D eigenvalue weighted by atomic mass is 10.1. The lowest BCUT2D eigenvalue weighted by Gasteiger charge is -2.37. The highest BCUT2D eigenvalue weighted by atomic mass is 32.2. The fourth-order valence-corrected chi connectivity index (χ4v) is 4.88. The van der Waals surface area contributed by atoms with Crippen molar-refractivity contribution in [3.63, 3.8) is 0 Å². The number of benzene rings is 2. The van der Waals surface area contributed by atoms with Gasteiger partial charge < -0.3 is 9.80 Å². The van der Waals surface area contributed by atoms with Crippen molar-refractivity contribution >= 4 is 21.6 Å². The maximum absolute atomic E-state index is 13.0. The normalized spacial score (nSPS) is 15.1. The van der Waals surface area contributed by atoms with E-state index >= 15 is 0 Å². The maximum Gasteiger partial charge on any atom is 0.254 e. The molecule has 1 saturated heterocycles. The predicted octanol–water partition coefficient (Wildman–Crippen LogP) is 2.95. The average molecular weight is 416 g/mol. The number of carbonyl (C=O) groups is 1. The van der Waals surface area contributed by atoms with Crippen LogP contribution in [-0.4, -0.2) is 51.4 Å². The Morgan fingerprint density at radius 3 is 2.31 bits per heavy atom. The number of rotatable bonds is 5. The van der Waals surface area contributed by atoms with Gasteiger partial charge in [-0.05, 0) is 63.1 Å². The zero-order valence-electron chi connectivity index (χ0n) is 17.5. The Morgan fingerprint density at radius 1 is 1.00 bits per heavy atom. The van der Waals surface area contributed by atoms with Crippen LogP contribution in [0.4, 0.5) is 5.69 Å². The summed E-state index contributed by atoms with van der Waals surface area (Å²) in [4.78, 5) is 17.2. The Labute approximate surface area is 173 Å². The second kappa shape index (κ2) is 8.55.